The molecule has 7 nitrogen and oxygen atoms in total. The second kappa shape index (κ2) is 6.83. The predicted octanol–water partition coefficient (Wildman–Crippen LogP) is 1.89. The average molecular weight is 286 g/mol. The van der Waals surface area contributed by atoms with Gasteiger partial charge in [0.25, 0.3) is 5.91 Å². The third-order valence-electron chi connectivity index (χ3n) is 2.52. The lowest BCUT2D eigenvalue weighted by atomic mass is 10.0. The molecular formula is C11H14N2O5S. The van der Waals surface area contributed by atoms with Crippen molar-refractivity contribution in [3.63, 3.8) is 0 Å². The number of nitrogens with zero attached hydrogens (tertiary/aromatic N) is 1. The second-order valence-electron chi connectivity index (χ2n) is 3.96. The van der Waals surface area contributed by atoms with Gasteiger partial charge in [-0.25, -0.2) is 0 Å². The van der Waals surface area contributed by atoms with E-state index in [0.29, 0.717) is 12.8 Å². The standard InChI is InChI=1S/C11H14N2O5S/c1-2-3-7(11(15)16)5-12-10(14)8-4-9(13(17)18)19-6-8/h4,6-7H,2-3,5H2,1H3,(H,12,14)(H,15,16). The lowest BCUT2D eigenvalue weighted by molar-refractivity contribution is -0.380. The maximum Gasteiger partial charge on any atom is 0.324 e. The summed E-state index contributed by atoms with van der Waals surface area (Å²) in [4.78, 5) is 32.5. The molecule has 0 aliphatic heterocycles. The van der Waals surface area contributed by atoms with E-state index < -0.39 is 22.7 Å². The molecule has 1 unspecified atom stereocenters. The molecule has 0 spiro atoms. The maximum atomic E-state index is 11.7. The number of carbonyl (C=O) groups excluding carboxylic acids is 1. The highest BCUT2D eigenvalue weighted by atomic mass is 32.1. The summed E-state index contributed by atoms with van der Waals surface area (Å²) in [5, 5.41) is 23.2. The molecule has 0 bridgehead atoms. The van der Waals surface area contributed by atoms with Crippen LogP contribution in [-0.4, -0.2) is 28.5 Å². The molecule has 19 heavy (non-hydrogen) atoms. The monoisotopic (exact) mass is 286 g/mol. The first-order chi connectivity index (χ1) is 8.95. The lowest BCUT2D eigenvalue weighted by Gasteiger charge is -2.11. The van der Waals surface area contributed by atoms with Gasteiger partial charge >= 0.3 is 11.0 Å². The van der Waals surface area contributed by atoms with Crippen LogP contribution in [0.4, 0.5) is 5.00 Å². The number of amides is 1. The Labute approximate surface area is 113 Å². The van der Waals surface area contributed by atoms with Crippen molar-refractivity contribution < 1.29 is 19.6 Å². The van der Waals surface area contributed by atoms with Gasteiger partial charge in [0.2, 0.25) is 0 Å². The molecule has 1 aromatic rings. The zero-order valence-electron chi connectivity index (χ0n) is 10.3. The van der Waals surface area contributed by atoms with Crippen LogP contribution in [-0.2, 0) is 4.79 Å². The number of rotatable bonds is 7. The number of carboxylic acids is 1. The SMILES string of the molecule is CCCC(CNC(=O)c1csc([N+](=O)[O-])c1)C(=O)O. The van der Waals surface area contributed by atoms with Crippen LogP contribution in [0.3, 0.4) is 0 Å². The van der Waals surface area contributed by atoms with Crippen molar-refractivity contribution in [2.24, 2.45) is 5.92 Å². The van der Waals surface area contributed by atoms with Crippen molar-refractivity contribution in [3.05, 3.63) is 27.1 Å². The van der Waals surface area contributed by atoms with Gasteiger partial charge in [-0.05, 0) is 6.42 Å². The third-order valence-corrected chi connectivity index (χ3v) is 3.40. The number of nitro groups is 1. The maximum absolute atomic E-state index is 11.7. The fourth-order valence-electron chi connectivity index (χ4n) is 1.52. The van der Waals surface area contributed by atoms with Gasteiger partial charge in [0.1, 0.15) is 0 Å². The molecule has 0 radical (unpaired) electrons. The van der Waals surface area contributed by atoms with Crippen LogP contribution in [0.25, 0.3) is 0 Å². The summed E-state index contributed by atoms with van der Waals surface area (Å²) >= 11 is 0.861. The first-order valence-corrected chi connectivity index (χ1v) is 6.57. The molecule has 0 aliphatic carbocycles. The molecule has 0 aromatic carbocycles. The van der Waals surface area contributed by atoms with Gasteiger partial charge in [-0.15, -0.1) is 0 Å². The van der Waals surface area contributed by atoms with Crippen molar-refractivity contribution in [1.82, 2.24) is 5.32 Å². The fourth-order valence-corrected chi connectivity index (χ4v) is 2.22. The Hall–Kier alpha value is -1.96. The summed E-state index contributed by atoms with van der Waals surface area (Å²) in [5.41, 5.74) is 0.178. The molecule has 8 heteroatoms. The molecule has 1 atom stereocenters. The van der Waals surface area contributed by atoms with Crippen LogP contribution in [0.1, 0.15) is 30.1 Å². The fraction of sp³-hybridized carbons (Fsp3) is 0.455. The van der Waals surface area contributed by atoms with E-state index >= 15 is 0 Å². The average Bonchev–Trinajstić information content (AvgIpc) is 2.83. The van der Waals surface area contributed by atoms with Crippen molar-refractivity contribution in [1.29, 1.82) is 0 Å². The lowest BCUT2D eigenvalue weighted by Crippen LogP contribution is -2.32. The van der Waals surface area contributed by atoms with Gasteiger partial charge in [0.05, 0.1) is 16.4 Å². The Kier molecular flexibility index (Phi) is 5.43. The molecule has 0 fully saturated rings. The van der Waals surface area contributed by atoms with Crippen LogP contribution in [0.2, 0.25) is 0 Å². The molecule has 0 saturated heterocycles. The summed E-state index contributed by atoms with van der Waals surface area (Å²) in [7, 11) is 0. The van der Waals surface area contributed by atoms with Crippen LogP contribution < -0.4 is 5.32 Å². The third kappa shape index (κ3) is 4.32. The van der Waals surface area contributed by atoms with E-state index in [0.717, 1.165) is 11.3 Å². The Morgan fingerprint density at radius 3 is 2.74 bits per heavy atom. The first kappa shape index (κ1) is 15.1. The van der Waals surface area contributed by atoms with Gasteiger partial charge in [-0.2, -0.15) is 0 Å². The highest BCUT2D eigenvalue weighted by molar-refractivity contribution is 7.13. The van der Waals surface area contributed by atoms with E-state index in [2.05, 4.69) is 5.32 Å². The number of carbonyl (C=O) groups is 2. The van der Waals surface area contributed by atoms with E-state index in [1.165, 1.54) is 11.4 Å². The Balaban J connectivity index is 2.58. The van der Waals surface area contributed by atoms with E-state index in [9.17, 15) is 19.7 Å². The van der Waals surface area contributed by atoms with Gasteiger partial charge in [-0.3, -0.25) is 19.7 Å². The van der Waals surface area contributed by atoms with Crippen LogP contribution >= 0.6 is 11.3 Å². The summed E-state index contributed by atoms with van der Waals surface area (Å²) in [6.45, 7) is 1.88. The second-order valence-corrected chi connectivity index (χ2v) is 4.85. The minimum atomic E-state index is -0.960. The topological polar surface area (TPSA) is 110 Å². The highest BCUT2D eigenvalue weighted by Crippen LogP contribution is 2.22. The minimum absolute atomic E-state index is 0.0195. The number of carboxylic acid groups (broad SMARTS) is 1. The van der Waals surface area contributed by atoms with E-state index in [4.69, 9.17) is 5.11 Å². The molecule has 104 valence electrons. The molecule has 1 aromatic heterocycles. The number of nitrogens with one attached hydrogen (secondary N) is 1. The molecular weight excluding hydrogens is 272 g/mol. The zero-order chi connectivity index (χ0) is 14.4. The normalized spacial score (nSPS) is 11.8. The molecule has 2 N–H and O–H groups in total. The summed E-state index contributed by atoms with van der Waals surface area (Å²) in [5.74, 6) is -2.09. The summed E-state index contributed by atoms with van der Waals surface area (Å²) in [6, 6.07) is 1.18. The van der Waals surface area contributed by atoms with Gasteiger partial charge < -0.3 is 10.4 Å². The van der Waals surface area contributed by atoms with Crippen LogP contribution in [0.5, 0.6) is 0 Å². The van der Waals surface area contributed by atoms with Crippen molar-refractivity contribution >= 4 is 28.2 Å². The van der Waals surface area contributed by atoms with E-state index in [-0.39, 0.29) is 17.1 Å². The van der Waals surface area contributed by atoms with Crippen LogP contribution in [0.15, 0.2) is 11.4 Å². The molecule has 0 saturated carbocycles. The molecule has 1 rings (SSSR count). The van der Waals surface area contributed by atoms with Gasteiger partial charge in [0, 0.05) is 18.0 Å². The smallest absolute Gasteiger partial charge is 0.324 e. The van der Waals surface area contributed by atoms with Gasteiger partial charge in [0.15, 0.2) is 0 Å². The van der Waals surface area contributed by atoms with Gasteiger partial charge in [-0.1, -0.05) is 24.7 Å². The molecule has 0 aliphatic rings. The van der Waals surface area contributed by atoms with Crippen LogP contribution in [0, 0.1) is 16.0 Å². The highest BCUT2D eigenvalue weighted by Gasteiger charge is 2.19. The number of hydrogen-bond acceptors (Lipinski definition) is 5. The summed E-state index contributed by atoms with van der Waals surface area (Å²) < 4.78 is 0. The first-order valence-electron chi connectivity index (χ1n) is 5.69. The minimum Gasteiger partial charge on any atom is -0.481 e. The zero-order valence-corrected chi connectivity index (χ0v) is 11.1. The van der Waals surface area contributed by atoms with E-state index in [1.807, 2.05) is 6.92 Å². The van der Waals surface area contributed by atoms with E-state index in [1.54, 1.807) is 0 Å². The largest absolute Gasteiger partial charge is 0.481 e. The predicted molar refractivity (Wildman–Crippen MR) is 69.3 cm³/mol. The Bertz CT molecular complexity index is 485. The van der Waals surface area contributed by atoms with Crippen molar-refractivity contribution in [2.75, 3.05) is 6.54 Å². The van der Waals surface area contributed by atoms with Crippen molar-refractivity contribution in [3.8, 4) is 0 Å². The Morgan fingerprint density at radius 2 is 2.26 bits per heavy atom. The molecule has 1 amide bonds. The Morgan fingerprint density at radius 1 is 1.58 bits per heavy atom. The number of thiophene rings is 1. The number of hydrogen-bond donors (Lipinski definition) is 2. The quantitative estimate of drug-likeness (QED) is 0.587. The summed E-state index contributed by atoms with van der Waals surface area (Å²) in [6.07, 6.45) is 1.18. The number of aliphatic carboxylic acids is 1. The molecule has 1 heterocycles. The van der Waals surface area contributed by atoms with Crippen molar-refractivity contribution in [2.45, 2.75) is 19.8 Å².